The Bertz CT molecular complexity index is 1250. The molecule has 0 saturated heterocycles. The van der Waals surface area contributed by atoms with Crippen molar-refractivity contribution in [2.75, 3.05) is 0 Å². The molecule has 2 heterocycles. The molecule has 1 aliphatic carbocycles. The molecule has 0 aliphatic heterocycles. The number of aromatic amines is 1. The average molecular weight is 448 g/mol. The van der Waals surface area contributed by atoms with Crippen molar-refractivity contribution in [3.05, 3.63) is 63.8 Å². The number of nitrogens with zero attached hydrogens (tertiary/aromatic N) is 3. The van der Waals surface area contributed by atoms with Gasteiger partial charge in [-0.1, -0.05) is 36.8 Å². The molecule has 1 unspecified atom stereocenters. The van der Waals surface area contributed by atoms with Gasteiger partial charge in [-0.15, -0.1) is 0 Å². The van der Waals surface area contributed by atoms with E-state index in [9.17, 15) is 14.9 Å². The quantitative estimate of drug-likeness (QED) is 0.622. The number of carbonyl (C=O) groups is 1. The summed E-state index contributed by atoms with van der Waals surface area (Å²) in [4.78, 5) is 32.1. The predicted molar refractivity (Wildman–Crippen MR) is 125 cm³/mol. The zero-order valence-electron chi connectivity index (χ0n) is 19.2. The predicted octanol–water partition coefficient (Wildman–Crippen LogP) is 4.20. The Morgan fingerprint density at radius 2 is 2.06 bits per heavy atom. The number of ether oxygens (including phenoxy) is 1. The van der Waals surface area contributed by atoms with Gasteiger partial charge in [-0.05, 0) is 45.6 Å². The van der Waals surface area contributed by atoms with Crippen LogP contribution in [0.2, 0.25) is 0 Å². The van der Waals surface area contributed by atoms with Crippen molar-refractivity contribution in [2.45, 2.75) is 70.6 Å². The van der Waals surface area contributed by atoms with Crippen molar-refractivity contribution in [3.63, 3.8) is 0 Å². The van der Waals surface area contributed by atoms with Gasteiger partial charge in [0.05, 0.1) is 11.9 Å². The molecule has 0 radical (unpaired) electrons. The van der Waals surface area contributed by atoms with Crippen LogP contribution in [0.1, 0.15) is 69.2 Å². The standard InChI is InChI=1S/C25H29N5O3/c1-25(2,3)33-24(32)29-18-11-7-10-17(12-18)21-19(13-26)20-22(23(31)28-15-27-20)30(21)14-16-8-5-4-6-9-16/h4-6,8-9,15,17-18H,7,10-12,14H2,1-3H3,(H,29,32)(H,27,28,31)/t17?,18-/m0/s1. The number of aromatic nitrogens is 3. The van der Waals surface area contributed by atoms with Crippen molar-refractivity contribution in [1.29, 1.82) is 5.26 Å². The number of alkyl carbamates (subject to hydrolysis) is 1. The molecule has 2 aromatic heterocycles. The Balaban J connectivity index is 1.72. The van der Waals surface area contributed by atoms with Crippen LogP contribution in [0.5, 0.6) is 0 Å². The number of hydrogen-bond donors (Lipinski definition) is 2. The van der Waals surface area contributed by atoms with Crippen molar-refractivity contribution in [1.82, 2.24) is 19.9 Å². The van der Waals surface area contributed by atoms with Crippen LogP contribution in [0, 0.1) is 11.3 Å². The molecule has 8 heteroatoms. The molecule has 33 heavy (non-hydrogen) atoms. The van der Waals surface area contributed by atoms with Crippen LogP contribution in [0.3, 0.4) is 0 Å². The topological polar surface area (TPSA) is 113 Å². The largest absolute Gasteiger partial charge is 0.444 e. The first-order valence-electron chi connectivity index (χ1n) is 11.3. The van der Waals surface area contributed by atoms with Crippen LogP contribution in [-0.2, 0) is 11.3 Å². The summed E-state index contributed by atoms with van der Waals surface area (Å²) in [7, 11) is 0. The summed E-state index contributed by atoms with van der Waals surface area (Å²) in [5, 5.41) is 13.0. The number of H-pyrrole nitrogens is 1. The molecule has 2 N–H and O–H groups in total. The minimum atomic E-state index is -0.569. The van der Waals surface area contributed by atoms with Gasteiger partial charge in [0, 0.05) is 24.2 Å². The molecule has 1 aromatic carbocycles. The lowest BCUT2D eigenvalue weighted by atomic mass is 9.82. The van der Waals surface area contributed by atoms with E-state index < -0.39 is 11.7 Å². The molecule has 0 spiro atoms. The molecule has 1 aliphatic rings. The Morgan fingerprint density at radius 1 is 1.30 bits per heavy atom. The van der Waals surface area contributed by atoms with E-state index in [1.807, 2.05) is 55.7 Å². The third-order valence-electron chi connectivity index (χ3n) is 5.96. The smallest absolute Gasteiger partial charge is 0.407 e. The summed E-state index contributed by atoms with van der Waals surface area (Å²) in [5.41, 5.74) is 2.29. The normalized spacial score (nSPS) is 18.6. The van der Waals surface area contributed by atoms with Crippen LogP contribution >= 0.6 is 0 Å². The lowest BCUT2D eigenvalue weighted by molar-refractivity contribution is 0.0490. The first-order valence-corrected chi connectivity index (χ1v) is 11.3. The van der Waals surface area contributed by atoms with Gasteiger partial charge in [0.25, 0.3) is 5.56 Å². The summed E-state index contributed by atoms with van der Waals surface area (Å²) >= 11 is 0. The molecule has 172 valence electrons. The van der Waals surface area contributed by atoms with Crippen LogP contribution in [-0.4, -0.2) is 32.3 Å². The molecular weight excluding hydrogens is 418 g/mol. The zero-order valence-corrected chi connectivity index (χ0v) is 19.2. The molecule has 0 bridgehead atoms. The highest BCUT2D eigenvalue weighted by Gasteiger charge is 2.32. The number of amides is 1. The second-order valence-electron chi connectivity index (χ2n) is 9.58. The molecule has 1 saturated carbocycles. The summed E-state index contributed by atoms with van der Waals surface area (Å²) in [5.74, 6) is 0.00523. The fourth-order valence-electron chi connectivity index (χ4n) is 4.71. The molecule has 4 rings (SSSR count). The van der Waals surface area contributed by atoms with Gasteiger partial charge in [0.2, 0.25) is 0 Å². The number of fused-ring (bicyclic) bond motifs is 1. The lowest BCUT2D eigenvalue weighted by Gasteiger charge is -2.31. The number of carbonyl (C=O) groups excluding carboxylic acids is 1. The maximum absolute atomic E-state index is 12.8. The summed E-state index contributed by atoms with van der Waals surface area (Å²) in [6.07, 6.45) is 4.18. The number of rotatable bonds is 4. The van der Waals surface area contributed by atoms with E-state index in [1.54, 1.807) is 0 Å². The minimum Gasteiger partial charge on any atom is -0.444 e. The zero-order chi connectivity index (χ0) is 23.6. The molecule has 3 aromatic rings. The molecule has 8 nitrogen and oxygen atoms in total. The lowest BCUT2D eigenvalue weighted by Crippen LogP contribution is -2.41. The SMILES string of the molecule is CC(C)(C)OC(=O)N[C@H]1CCCC(c2c(C#N)c3nc[nH]c(=O)c3n2Cc2ccccc2)C1. The molecular formula is C25H29N5O3. The molecule has 1 amide bonds. The fraction of sp³-hybridized carbons (Fsp3) is 0.440. The van der Waals surface area contributed by atoms with E-state index in [1.165, 1.54) is 6.33 Å². The third-order valence-corrected chi connectivity index (χ3v) is 5.96. The number of nitriles is 1. The van der Waals surface area contributed by atoms with Gasteiger partial charge in [0.1, 0.15) is 22.7 Å². The van der Waals surface area contributed by atoms with Gasteiger partial charge in [-0.3, -0.25) is 4.79 Å². The maximum Gasteiger partial charge on any atom is 0.407 e. The van der Waals surface area contributed by atoms with Gasteiger partial charge in [0.15, 0.2) is 0 Å². The average Bonchev–Trinajstić information content (AvgIpc) is 3.07. The fourth-order valence-corrected chi connectivity index (χ4v) is 4.71. The van der Waals surface area contributed by atoms with Crippen LogP contribution in [0.4, 0.5) is 4.79 Å². The third kappa shape index (κ3) is 4.92. The van der Waals surface area contributed by atoms with E-state index in [-0.39, 0.29) is 17.5 Å². The highest BCUT2D eigenvalue weighted by Crippen LogP contribution is 2.38. The summed E-state index contributed by atoms with van der Waals surface area (Å²) in [6, 6.07) is 12.1. The Morgan fingerprint density at radius 3 is 2.76 bits per heavy atom. The van der Waals surface area contributed by atoms with E-state index in [0.717, 1.165) is 30.5 Å². The second kappa shape index (κ2) is 9.10. The monoisotopic (exact) mass is 447 g/mol. The van der Waals surface area contributed by atoms with Gasteiger partial charge in [-0.2, -0.15) is 5.26 Å². The number of hydrogen-bond acceptors (Lipinski definition) is 5. The van der Waals surface area contributed by atoms with Gasteiger partial charge >= 0.3 is 6.09 Å². The van der Waals surface area contributed by atoms with Crippen molar-refractivity contribution in [2.24, 2.45) is 0 Å². The number of nitrogens with one attached hydrogen (secondary N) is 2. The van der Waals surface area contributed by atoms with E-state index in [2.05, 4.69) is 21.4 Å². The van der Waals surface area contributed by atoms with Crippen LogP contribution < -0.4 is 10.9 Å². The summed E-state index contributed by atoms with van der Waals surface area (Å²) in [6.45, 7) is 5.97. The van der Waals surface area contributed by atoms with Crippen molar-refractivity contribution < 1.29 is 9.53 Å². The Kier molecular flexibility index (Phi) is 6.23. The highest BCUT2D eigenvalue weighted by atomic mass is 16.6. The number of benzene rings is 1. The second-order valence-corrected chi connectivity index (χ2v) is 9.58. The van der Waals surface area contributed by atoms with E-state index >= 15 is 0 Å². The van der Waals surface area contributed by atoms with Crippen molar-refractivity contribution >= 4 is 17.1 Å². The minimum absolute atomic E-state index is 0.00523. The van der Waals surface area contributed by atoms with Gasteiger partial charge < -0.3 is 19.6 Å². The summed E-state index contributed by atoms with van der Waals surface area (Å²) < 4.78 is 7.37. The van der Waals surface area contributed by atoms with E-state index in [4.69, 9.17) is 4.74 Å². The first kappa shape index (κ1) is 22.6. The highest BCUT2D eigenvalue weighted by molar-refractivity contribution is 5.84. The molecule has 2 atom stereocenters. The van der Waals surface area contributed by atoms with Crippen LogP contribution in [0.15, 0.2) is 41.5 Å². The maximum atomic E-state index is 12.8. The van der Waals surface area contributed by atoms with Crippen molar-refractivity contribution in [3.8, 4) is 6.07 Å². The van der Waals surface area contributed by atoms with Gasteiger partial charge in [-0.25, -0.2) is 9.78 Å². The van der Waals surface area contributed by atoms with E-state index in [0.29, 0.717) is 29.6 Å². The molecule has 1 fully saturated rings. The first-order chi connectivity index (χ1) is 15.8. The van der Waals surface area contributed by atoms with Crippen LogP contribution in [0.25, 0.3) is 11.0 Å². The Labute approximate surface area is 192 Å². The Hall–Kier alpha value is -3.60.